The van der Waals surface area contributed by atoms with Crippen molar-refractivity contribution in [3.8, 4) is 0 Å². The molecule has 0 aromatic rings. The molecule has 0 aromatic carbocycles. The molecular weight excluding hydrogens is 143 g/mol. The van der Waals surface area contributed by atoms with Gasteiger partial charge in [-0.2, -0.15) is 0 Å². The van der Waals surface area contributed by atoms with Crippen LogP contribution < -0.4 is 0 Å². The Hall–Kier alpha value is -0.0705. The number of carbonyl (C=O) groups is 1. The zero-order valence-corrected chi connectivity index (χ0v) is 5.26. The van der Waals surface area contributed by atoms with Crippen LogP contribution in [0.1, 0.15) is 0 Å². The molecule has 0 fully saturated rings. The summed E-state index contributed by atoms with van der Waals surface area (Å²) in [6.07, 6.45) is 2.32. The predicted molar refractivity (Wildman–Crippen MR) is 26.8 cm³/mol. The van der Waals surface area contributed by atoms with Crippen LogP contribution in [0.5, 0.6) is 0 Å². The van der Waals surface area contributed by atoms with Gasteiger partial charge in [0.2, 0.25) is 0 Å². The standard InChI is InChI=1S/C4H6OSe/c1-6-4-2-3-5/h2-4H,1H3/b4-2-. The minimum absolute atomic E-state index is 0.515. The fourth-order valence-electron chi connectivity index (χ4n) is 0.111. The van der Waals surface area contributed by atoms with E-state index in [4.69, 9.17) is 0 Å². The predicted octanol–water partition coefficient (Wildman–Crippen LogP) is 0.451. The normalized spacial score (nSPS) is 9.50. The van der Waals surface area contributed by atoms with E-state index < -0.39 is 0 Å². The molecule has 0 aliphatic carbocycles. The number of allylic oxidation sites excluding steroid dienone is 1. The molecule has 2 heteroatoms. The Bertz CT molecular complexity index is 58.6. The molecule has 0 saturated heterocycles. The van der Waals surface area contributed by atoms with Crippen LogP contribution in [-0.4, -0.2) is 21.2 Å². The maximum atomic E-state index is 9.49. The van der Waals surface area contributed by atoms with Gasteiger partial charge >= 0.3 is 42.9 Å². The van der Waals surface area contributed by atoms with Crippen LogP contribution >= 0.6 is 0 Å². The van der Waals surface area contributed by atoms with Crippen LogP contribution in [0.25, 0.3) is 0 Å². The molecule has 34 valence electrons. The Morgan fingerprint density at radius 2 is 2.33 bits per heavy atom. The third kappa shape index (κ3) is 3.93. The summed E-state index contributed by atoms with van der Waals surface area (Å²) in [6.45, 7) is 0. The molecule has 0 aliphatic heterocycles. The number of hydrogen-bond acceptors (Lipinski definition) is 1. The minimum atomic E-state index is 0.515. The Labute approximate surface area is 43.6 Å². The monoisotopic (exact) mass is 150 g/mol. The molecule has 0 bridgehead atoms. The van der Waals surface area contributed by atoms with E-state index in [-0.39, 0.29) is 0 Å². The van der Waals surface area contributed by atoms with E-state index in [0.717, 1.165) is 6.29 Å². The van der Waals surface area contributed by atoms with Crippen molar-refractivity contribution in [2.24, 2.45) is 0 Å². The van der Waals surface area contributed by atoms with E-state index in [0.29, 0.717) is 15.0 Å². The van der Waals surface area contributed by atoms with E-state index in [1.54, 1.807) is 0 Å². The van der Waals surface area contributed by atoms with Crippen LogP contribution in [0.4, 0.5) is 0 Å². The number of rotatable bonds is 2. The Kier molecular flexibility index (Phi) is 4.87. The number of hydrogen-bond donors (Lipinski definition) is 0. The number of carbonyl (C=O) groups excluding carboxylic acids is 1. The summed E-state index contributed by atoms with van der Waals surface area (Å²) in [5.41, 5.74) is 0. The van der Waals surface area contributed by atoms with Crippen molar-refractivity contribution in [3.05, 3.63) is 11.1 Å². The Morgan fingerprint density at radius 1 is 1.67 bits per heavy atom. The summed E-state index contributed by atoms with van der Waals surface area (Å²) in [5.74, 6) is 2.05. The van der Waals surface area contributed by atoms with Crippen molar-refractivity contribution in [2.45, 2.75) is 5.82 Å². The zero-order chi connectivity index (χ0) is 4.83. The van der Waals surface area contributed by atoms with Gasteiger partial charge in [-0.25, -0.2) is 0 Å². The second kappa shape index (κ2) is 4.93. The van der Waals surface area contributed by atoms with Gasteiger partial charge in [0.25, 0.3) is 0 Å². The van der Waals surface area contributed by atoms with Gasteiger partial charge in [0.15, 0.2) is 0 Å². The third-order valence-corrected chi connectivity index (χ3v) is 1.19. The molecule has 0 unspecified atom stereocenters. The Morgan fingerprint density at radius 3 is 2.50 bits per heavy atom. The van der Waals surface area contributed by atoms with Crippen LogP contribution in [0.2, 0.25) is 5.82 Å². The maximum absolute atomic E-state index is 9.49. The first-order valence-corrected chi connectivity index (χ1v) is 4.25. The summed E-state index contributed by atoms with van der Waals surface area (Å²) < 4.78 is 0. The van der Waals surface area contributed by atoms with Gasteiger partial charge in [0.05, 0.1) is 0 Å². The molecule has 0 aromatic heterocycles. The molecule has 1 nitrogen and oxygen atoms in total. The van der Waals surface area contributed by atoms with Crippen molar-refractivity contribution in [1.82, 2.24) is 0 Å². The first kappa shape index (κ1) is 5.93. The van der Waals surface area contributed by atoms with Crippen LogP contribution in [0.3, 0.4) is 0 Å². The van der Waals surface area contributed by atoms with Crippen LogP contribution in [-0.2, 0) is 4.79 Å². The average molecular weight is 149 g/mol. The molecule has 0 aliphatic rings. The van der Waals surface area contributed by atoms with Crippen molar-refractivity contribution in [2.75, 3.05) is 0 Å². The summed E-state index contributed by atoms with van der Waals surface area (Å²) in [6, 6.07) is 0. The molecule has 0 radical (unpaired) electrons. The van der Waals surface area contributed by atoms with Crippen molar-refractivity contribution in [1.29, 1.82) is 0 Å². The fourth-order valence-corrected chi connectivity index (χ4v) is 0.575. The van der Waals surface area contributed by atoms with Gasteiger partial charge in [0.1, 0.15) is 0 Å². The summed E-state index contributed by atoms with van der Waals surface area (Å²) >= 11 is 0.515. The van der Waals surface area contributed by atoms with E-state index >= 15 is 0 Å². The number of aldehydes is 1. The van der Waals surface area contributed by atoms with Crippen molar-refractivity contribution >= 4 is 21.2 Å². The molecule has 0 amide bonds. The topological polar surface area (TPSA) is 17.1 Å². The SMILES string of the molecule is C[Se]/C=C\C=O. The van der Waals surface area contributed by atoms with Crippen molar-refractivity contribution in [3.63, 3.8) is 0 Å². The molecule has 0 saturated carbocycles. The average Bonchev–Trinajstić information content (AvgIpc) is 1.61. The Balaban J connectivity index is 2.94. The second-order valence-corrected chi connectivity index (χ2v) is 2.26. The summed E-state index contributed by atoms with van der Waals surface area (Å²) in [5, 5.41) is 0. The molecule has 0 heterocycles. The second-order valence-electron chi connectivity index (χ2n) is 0.700. The third-order valence-electron chi connectivity index (χ3n) is 0.293. The summed E-state index contributed by atoms with van der Waals surface area (Å²) in [4.78, 5) is 11.4. The molecule has 0 spiro atoms. The van der Waals surface area contributed by atoms with Crippen LogP contribution in [0, 0.1) is 0 Å². The van der Waals surface area contributed by atoms with Gasteiger partial charge in [-0.15, -0.1) is 0 Å². The molecule has 0 rings (SSSR count). The zero-order valence-electron chi connectivity index (χ0n) is 3.55. The van der Waals surface area contributed by atoms with E-state index in [1.807, 2.05) is 10.8 Å². The fraction of sp³-hybridized carbons (Fsp3) is 0.250. The summed E-state index contributed by atoms with van der Waals surface area (Å²) in [7, 11) is 0. The van der Waals surface area contributed by atoms with E-state index in [1.165, 1.54) is 6.08 Å². The van der Waals surface area contributed by atoms with Crippen LogP contribution in [0.15, 0.2) is 11.1 Å². The van der Waals surface area contributed by atoms with Gasteiger partial charge in [-0.3, -0.25) is 0 Å². The van der Waals surface area contributed by atoms with Gasteiger partial charge < -0.3 is 0 Å². The first-order chi connectivity index (χ1) is 2.91. The van der Waals surface area contributed by atoms with E-state index in [2.05, 4.69) is 0 Å². The van der Waals surface area contributed by atoms with Gasteiger partial charge in [0, 0.05) is 0 Å². The molecular formula is C4H6OSe. The van der Waals surface area contributed by atoms with E-state index in [9.17, 15) is 4.79 Å². The van der Waals surface area contributed by atoms with Gasteiger partial charge in [-0.05, 0) is 0 Å². The van der Waals surface area contributed by atoms with Crippen molar-refractivity contribution < 1.29 is 4.79 Å². The molecule has 0 atom stereocenters. The quantitative estimate of drug-likeness (QED) is 0.316. The molecule has 6 heavy (non-hydrogen) atoms. The molecule has 0 N–H and O–H groups in total. The first-order valence-electron chi connectivity index (χ1n) is 1.55. The van der Waals surface area contributed by atoms with Gasteiger partial charge in [-0.1, -0.05) is 0 Å².